The smallest absolute Gasteiger partial charge is 0.171 e. The molecule has 0 spiro atoms. The van der Waals surface area contributed by atoms with E-state index in [2.05, 4.69) is 5.16 Å². The van der Waals surface area contributed by atoms with Crippen LogP contribution in [0.25, 0.3) is 0 Å². The summed E-state index contributed by atoms with van der Waals surface area (Å²) < 4.78 is 10.8. The van der Waals surface area contributed by atoms with Crippen molar-refractivity contribution in [2.24, 2.45) is 10.9 Å². The zero-order valence-electron chi connectivity index (χ0n) is 10.7. The van der Waals surface area contributed by atoms with Crippen molar-refractivity contribution in [2.45, 2.75) is 0 Å². The lowest BCUT2D eigenvalue weighted by Gasteiger charge is -2.09. The average molecular weight is 293 g/mol. The van der Waals surface area contributed by atoms with Gasteiger partial charge in [-0.15, -0.1) is 0 Å². The maximum atomic E-state index is 8.63. The molecule has 104 valence electrons. The van der Waals surface area contributed by atoms with Gasteiger partial charge in [0.25, 0.3) is 0 Å². The topological polar surface area (TPSA) is 77.1 Å². The summed E-state index contributed by atoms with van der Waals surface area (Å²) >= 11 is 6.05. The Balaban J connectivity index is 2.24. The van der Waals surface area contributed by atoms with Crippen LogP contribution in [0.2, 0.25) is 5.02 Å². The van der Waals surface area contributed by atoms with Gasteiger partial charge in [-0.05, 0) is 24.3 Å². The Hall–Kier alpha value is -2.40. The van der Waals surface area contributed by atoms with Crippen molar-refractivity contribution in [1.82, 2.24) is 0 Å². The molecular formula is C14H13ClN2O3. The van der Waals surface area contributed by atoms with Gasteiger partial charge in [0.2, 0.25) is 0 Å². The number of methoxy groups -OCH3 is 1. The molecule has 0 aliphatic heterocycles. The number of amidine groups is 1. The molecule has 0 aromatic heterocycles. The van der Waals surface area contributed by atoms with Crippen LogP contribution in [0.4, 0.5) is 0 Å². The molecule has 2 aromatic rings. The monoisotopic (exact) mass is 292 g/mol. The van der Waals surface area contributed by atoms with E-state index in [4.69, 9.17) is 32.0 Å². The summed E-state index contributed by atoms with van der Waals surface area (Å²) in [5, 5.41) is 11.9. The molecule has 0 bridgehead atoms. The first-order valence-electron chi connectivity index (χ1n) is 5.73. The molecule has 5 nitrogen and oxygen atoms in total. The van der Waals surface area contributed by atoms with Crippen LogP contribution in [0, 0.1) is 0 Å². The highest BCUT2D eigenvalue weighted by Gasteiger charge is 2.07. The highest BCUT2D eigenvalue weighted by atomic mass is 35.5. The fourth-order valence-electron chi connectivity index (χ4n) is 1.62. The quantitative estimate of drug-likeness (QED) is 0.392. The lowest BCUT2D eigenvalue weighted by Crippen LogP contribution is -2.13. The first kappa shape index (κ1) is 14.0. The number of hydrogen-bond donors (Lipinski definition) is 2. The third-order valence-corrected chi connectivity index (χ3v) is 2.91. The van der Waals surface area contributed by atoms with E-state index < -0.39 is 0 Å². The molecule has 0 saturated heterocycles. The summed E-state index contributed by atoms with van der Waals surface area (Å²) in [5.41, 5.74) is 5.93. The van der Waals surface area contributed by atoms with Gasteiger partial charge in [-0.2, -0.15) is 0 Å². The fourth-order valence-corrected chi connectivity index (χ4v) is 1.89. The molecule has 0 atom stereocenters. The number of rotatable bonds is 4. The normalized spacial score (nSPS) is 11.2. The third kappa shape index (κ3) is 3.13. The molecule has 0 fully saturated rings. The lowest BCUT2D eigenvalue weighted by molar-refractivity contribution is 0.318. The largest absolute Gasteiger partial charge is 0.497 e. The molecule has 0 unspecified atom stereocenters. The molecule has 0 amide bonds. The zero-order valence-corrected chi connectivity index (χ0v) is 11.5. The van der Waals surface area contributed by atoms with Gasteiger partial charge in [-0.3, -0.25) is 0 Å². The number of halogens is 1. The van der Waals surface area contributed by atoms with Crippen molar-refractivity contribution < 1.29 is 14.7 Å². The molecule has 0 saturated carbocycles. The average Bonchev–Trinajstić information content (AvgIpc) is 2.47. The first-order valence-corrected chi connectivity index (χ1v) is 6.11. The number of benzene rings is 2. The maximum Gasteiger partial charge on any atom is 0.171 e. The van der Waals surface area contributed by atoms with E-state index in [0.29, 0.717) is 27.8 Å². The minimum atomic E-state index is -0.0528. The van der Waals surface area contributed by atoms with Crippen LogP contribution in [0.5, 0.6) is 17.2 Å². The van der Waals surface area contributed by atoms with Crippen molar-refractivity contribution in [2.75, 3.05) is 7.11 Å². The summed E-state index contributed by atoms with van der Waals surface area (Å²) in [4.78, 5) is 0. The van der Waals surface area contributed by atoms with Gasteiger partial charge in [-0.1, -0.05) is 22.8 Å². The van der Waals surface area contributed by atoms with Crippen LogP contribution in [0.15, 0.2) is 47.6 Å². The van der Waals surface area contributed by atoms with E-state index in [1.165, 1.54) is 0 Å². The van der Waals surface area contributed by atoms with Gasteiger partial charge >= 0.3 is 0 Å². The van der Waals surface area contributed by atoms with Gasteiger partial charge in [0.05, 0.1) is 12.1 Å². The molecule has 6 heteroatoms. The molecule has 20 heavy (non-hydrogen) atoms. The second kappa shape index (κ2) is 6.16. The van der Waals surface area contributed by atoms with Crippen molar-refractivity contribution in [3.05, 3.63) is 53.1 Å². The predicted molar refractivity (Wildman–Crippen MR) is 77.0 cm³/mol. The number of nitrogens with two attached hydrogens (primary N) is 1. The Bertz CT molecular complexity index is 644. The standard InChI is InChI=1S/C14H13ClN2O3/c1-19-9-3-2-4-10(7-9)20-11-5-6-12(13(15)8-11)14(16)17-18/h2-8,18H,1H3,(H2,16,17). The Labute approximate surface area is 121 Å². The van der Waals surface area contributed by atoms with E-state index >= 15 is 0 Å². The number of nitrogens with zero attached hydrogens (tertiary/aromatic N) is 1. The molecule has 0 aliphatic rings. The lowest BCUT2D eigenvalue weighted by atomic mass is 10.2. The number of oxime groups is 1. The Morgan fingerprint density at radius 1 is 1.15 bits per heavy atom. The molecule has 0 radical (unpaired) electrons. The molecular weight excluding hydrogens is 280 g/mol. The predicted octanol–water partition coefficient (Wildman–Crippen LogP) is 3.24. The summed E-state index contributed by atoms with van der Waals surface area (Å²) in [6.45, 7) is 0. The van der Waals surface area contributed by atoms with E-state index in [-0.39, 0.29) is 5.84 Å². The van der Waals surface area contributed by atoms with Crippen LogP contribution in [0.1, 0.15) is 5.56 Å². The van der Waals surface area contributed by atoms with E-state index in [9.17, 15) is 0 Å². The van der Waals surface area contributed by atoms with Crippen LogP contribution in [-0.4, -0.2) is 18.2 Å². The van der Waals surface area contributed by atoms with Gasteiger partial charge in [0.15, 0.2) is 5.84 Å². The Morgan fingerprint density at radius 3 is 2.50 bits per heavy atom. The van der Waals surface area contributed by atoms with Gasteiger partial charge < -0.3 is 20.4 Å². The maximum absolute atomic E-state index is 8.63. The fraction of sp³-hybridized carbons (Fsp3) is 0.0714. The zero-order chi connectivity index (χ0) is 14.5. The third-order valence-electron chi connectivity index (χ3n) is 2.60. The Morgan fingerprint density at radius 2 is 1.85 bits per heavy atom. The minimum absolute atomic E-state index is 0.0528. The molecule has 3 N–H and O–H groups in total. The SMILES string of the molecule is COc1cccc(Oc2ccc(C(N)=NO)c(Cl)c2)c1. The van der Waals surface area contributed by atoms with Crippen LogP contribution >= 0.6 is 11.6 Å². The van der Waals surface area contributed by atoms with E-state index in [1.54, 1.807) is 37.4 Å². The van der Waals surface area contributed by atoms with Crippen LogP contribution in [-0.2, 0) is 0 Å². The van der Waals surface area contributed by atoms with Crippen molar-refractivity contribution >= 4 is 17.4 Å². The summed E-state index contributed by atoms with van der Waals surface area (Å²) in [6.07, 6.45) is 0. The molecule has 0 aliphatic carbocycles. The number of ether oxygens (including phenoxy) is 2. The van der Waals surface area contributed by atoms with Crippen molar-refractivity contribution in [1.29, 1.82) is 0 Å². The highest BCUT2D eigenvalue weighted by molar-refractivity contribution is 6.34. The van der Waals surface area contributed by atoms with Crippen molar-refractivity contribution in [3.8, 4) is 17.2 Å². The molecule has 2 aromatic carbocycles. The summed E-state index contributed by atoms with van der Waals surface area (Å²) in [7, 11) is 1.59. The summed E-state index contributed by atoms with van der Waals surface area (Å²) in [5.74, 6) is 1.81. The van der Waals surface area contributed by atoms with Gasteiger partial charge in [-0.25, -0.2) is 0 Å². The van der Waals surface area contributed by atoms with E-state index in [0.717, 1.165) is 0 Å². The first-order chi connectivity index (χ1) is 9.63. The van der Waals surface area contributed by atoms with Crippen LogP contribution < -0.4 is 15.2 Å². The molecule has 0 heterocycles. The van der Waals surface area contributed by atoms with E-state index in [1.807, 2.05) is 12.1 Å². The second-order valence-electron chi connectivity index (χ2n) is 3.91. The number of hydrogen-bond acceptors (Lipinski definition) is 4. The summed E-state index contributed by atoms with van der Waals surface area (Å²) in [6, 6.07) is 12.1. The van der Waals surface area contributed by atoms with Gasteiger partial charge in [0.1, 0.15) is 17.2 Å². The molecule has 2 rings (SSSR count). The second-order valence-corrected chi connectivity index (χ2v) is 4.32. The Kier molecular flexibility index (Phi) is 4.32. The van der Waals surface area contributed by atoms with Gasteiger partial charge in [0, 0.05) is 17.7 Å². The van der Waals surface area contributed by atoms with Crippen LogP contribution in [0.3, 0.4) is 0 Å². The highest BCUT2D eigenvalue weighted by Crippen LogP contribution is 2.28. The minimum Gasteiger partial charge on any atom is -0.497 e. The van der Waals surface area contributed by atoms with Crippen molar-refractivity contribution in [3.63, 3.8) is 0 Å².